The number of piperidine rings is 1. The van der Waals surface area contributed by atoms with Crippen molar-refractivity contribution in [1.29, 1.82) is 0 Å². The highest BCUT2D eigenvalue weighted by molar-refractivity contribution is 5.90. The summed E-state index contributed by atoms with van der Waals surface area (Å²) in [7, 11) is 1.75. The predicted octanol–water partition coefficient (Wildman–Crippen LogP) is 1.94. The number of likely N-dealkylation sites (N-methyl/N-ethyl adjacent to an activating group) is 1. The van der Waals surface area contributed by atoms with Crippen LogP contribution in [0.4, 0.5) is 4.39 Å². The number of fused-ring (bicyclic) bond motifs is 3. The van der Waals surface area contributed by atoms with E-state index >= 15 is 0 Å². The zero-order valence-corrected chi connectivity index (χ0v) is 18.6. The fourth-order valence-electron chi connectivity index (χ4n) is 5.58. The fraction of sp³-hybridized carbons (Fsp3) is 0.667. The first-order valence-corrected chi connectivity index (χ1v) is 11.7. The number of likely N-dealkylation sites (tertiary alicyclic amines) is 1. The monoisotopic (exact) mass is 430 g/mol. The van der Waals surface area contributed by atoms with Gasteiger partial charge in [-0.25, -0.2) is 4.39 Å². The van der Waals surface area contributed by atoms with Crippen molar-refractivity contribution >= 4 is 11.8 Å². The van der Waals surface area contributed by atoms with E-state index in [1.54, 1.807) is 20.0 Å². The minimum atomic E-state index is -0.430. The first kappa shape index (κ1) is 22.2. The number of rotatable bonds is 6. The first-order valence-electron chi connectivity index (χ1n) is 11.7. The zero-order chi connectivity index (χ0) is 22.0. The van der Waals surface area contributed by atoms with E-state index in [9.17, 15) is 14.0 Å². The van der Waals surface area contributed by atoms with Crippen molar-refractivity contribution in [3.63, 3.8) is 0 Å². The van der Waals surface area contributed by atoms with Crippen LogP contribution in [0, 0.1) is 11.7 Å². The lowest BCUT2D eigenvalue weighted by Gasteiger charge is -2.40. The number of carbonyl (C=O) groups excluding carboxylic acids is 2. The molecule has 3 aliphatic heterocycles. The van der Waals surface area contributed by atoms with Gasteiger partial charge in [0.1, 0.15) is 11.9 Å². The lowest BCUT2D eigenvalue weighted by atomic mass is 9.90. The lowest BCUT2D eigenvalue weighted by Crippen LogP contribution is -2.57. The van der Waals surface area contributed by atoms with Crippen molar-refractivity contribution < 1.29 is 14.0 Å². The Morgan fingerprint density at radius 1 is 1.26 bits per heavy atom. The average Bonchev–Trinajstić information content (AvgIpc) is 3.06. The maximum atomic E-state index is 14.0. The van der Waals surface area contributed by atoms with Crippen LogP contribution in [0.5, 0.6) is 0 Å². The molecule has 5 unspecified atom stereocenters. The Morgan fingerprint density at radius 3 is 2.84 bits per heavy atom. The summed E-state index contributed by atoms with van der Waals surface area (Å²) in [6, 6.07) is 6.71. The summed E-state index contributed by atoms with van der Waals surface area (Å²) in [4.78, 5) is 30.4. The molecule has 6 nitrogen and oxygen atoms in total. The van der Waals surface area contributed by atoms with Gasteiger partial charge in [-0.05, 0) is 76.6 Å². The second-order valence-electron chi connectivity index (χ2n) is 9.40. The molecule has 3 aliphatic rings. The lowest BCUT2D eigenvalue weighted by molar-refractivity contribution is -0.139. The Bertz CT molecular complexity index is 804. The summed E-state index contributed by atoms with van der Waals surface area (Å²) >= 11 is 0. The van der Waals surface area contributed by atoms with Crippen molar-refractivity contribution in [2.45, 2.75) is 69.6 Å². The van der Waals surface area contributed by atoms with Crippen LogP contribution in [-0.2, 0) is 16.0 Å². The first-order chi connectivity index (χ1) is 15.0. The topological polar surface area (TPSA) is 64.7 Å². The van der Waals surface area contributed by atoms with Crippen LogP contribution in [0.3, 0.4) is 0 Å². The number of nitrogens with one attached hydrogen (secondary N) is 2. The van der Waals surface area contributed by atoms with Gasteiger partial charge in [-0.15, -0.1) is 0 Å². The van der Waals surface area contributed by atoms with Crippen molar-refractivity contribution in [3.8, 4) is 0 Å². The number of hydrogen-bond acceptors (Lipinski definition) is 4. The Labute approximate surface area is 184 Å². The van der Waals surface area contributed by atoms with Crippen molar-refractivity contribution in [2.24, 2.45) is 5.92 Å². The second-order valence-corrected chi connectivity index (χ2v) is 9.40. The van der Waals surface area contributed by atoms with Gasteiger partial charge < -0.3 is 20.4 Å². The molecule has 31 heavy (non-hydrogen) atoms. The number of nitrogens with zero attached hydrogens (tertiary/aromatic N) is 2. The van der Waals surface area contributed by atoms with Crippen molar-refractivity contribution in [2.75, 3.05) is 26.7 Å². The third-order valence-electron chi connectivity index (χ3n) is 7.51. The molecular weight excluding hydrogens is 395 g/mol. The largest absolute Gasteiger partial charge is 0.343 e. The Balaban J connectivity index is 1.41. The van der Waals surface area contributed by atoms with Gasteiger partial charge in [0.25, 0.3) is 0 Å². The molecule has 5 atom stereocenters. The zero-order valence-electron chi connectivity index (χ0n) is 18.6. The summed E-state index contributed by atoms with van der Waals surface area (Å²) in [5.41, 5.74) is 0.751. The van der Waals surface area contributed by atoms with Gasteiger partial charge in [-0.1, -0.05) is 18.2 Å². The Morgan fingerprint density at radius 2 is 2.06 bits per heavy atom. The van der Waals surface area contributed by atoms with Crippen molar-refractivity contribution in [3.05, 3.63) is 35.6 Å². The van der Waals surface area contributed by atoms with Crippen LogP contribution in [0.1, 0.15) is 44.6 Å². The van der Waals surface area contributed by atoms with Crippen LogP contribution < -0.4 is 10.6 Å². The molecule has 3 saturated heterocycles. The van der Waals surface area contributed by atoms with E-state index in [1.165, 1.54) is 6.07 Å². The van der Waals surface area contributed by atoms with Crippen LogP contribution in [-0.4, -0.2) is 72.5 Å². The number of carbonyl (C=O) groups is 2. The van der Waals surface area contributed by atoms with E-state index in [-0.39, 0.29) is 35.8 Å². The highest BCUT2D eigenvalue weighted by atomic mass is 19.1. The van der Waals surface area contributed by atoms with Crippen LogP contribution in [0.15, 0.2) is 24.3 Å². The predicted molar refractivity (Wildman–Crippen MR) is 118 cm³/mol. The minimum absolute atomic E-state index is 0.0857. The molecule has 3 fully saturated rings. The van der Waals surface area contributed by atoms with Gasteiger partial charge in [0.05, 0.1) is 6.04 Å². The molecule has 1 aromatic carbocycles. The third-order valence-corrected chi connectivity index (χ3v) is 7.51. The molecular formula is C24H35FN4O2. The van der Waals surface area contributed by atoms with Gasteiger partial charge in [0.2, 0.25) is 11.8 Å². The van der Waals surface area contributed by atoms with Gasteiger partial charge >= 0.3 is 0 Å². The maximum Gasteiger partial charge on any atom is 0.245 e. The molecule has 3 heterocycles. The smallest absolute Gasteiger partial charge is 0.245 e. The van der Waals surface area contributed by atoms with Gasteiger partial charge in [0, 0.05) is 25.2 Å². The van der Waals surface area contributed by atoms with E-state index in [1.807, 2.05) is 12.1 Å². The number of benzene rings is 1. The molecule has 2 N–H and O–H groups in total. The maximum absolute atomic E-state index is 14.0. The van der Waals surface area contributed by atoms with E-state index in [0.29, 0.717) is 18.8 Å². The van der Waals surface area contributed by atoms with E-state index in [0.717, 1.165) is 50.9 Å². The normalized spacial score (nSPS) is 29.8. The SMILES string of the molecule is CNC(C)C(=O)NC1CCCC2CC3CCN(CCc4ccccc4F)CC3N2C1=O. The summed E-state index contributed by atoms with van der Waals surface area (Å²) < 4.78 is 14.0. The van der Waals surface area contributed by atoms with Crippen LogP contribution in [0.2, 0.25) is 0 Å². The molecule has 4 rings (SSSR count). The second kappa shape index (κ2) is 9.65. The molecule has 0 bridgehead atoms. The molecule has 0 aliphatic carbocycles. The Kier molecular flexibility index (Phi) is 6.92. The molecule has 0 saturated carbocycles. The van der Waals surface area contributed by atoms with E-state index in [4.69, 9.17) is 0 Å². The summed E-state index contributed by atoms with van der Waals surface area (Å²) in [6.07, 6.45) is 5.52. The van der Waals surface area contributed by atoms with Gasteiger partial charge in [0.15, 0.2) is 0 Å². The highest BCUT2D eigenvalue weighted by Gasteiger charge is 2.48. The molecule has 0 aromatic heterocycles. The summed E-state index contributed by atoms with van der Waals surface area (Å²) in [6.45, 7) is 4.45. The molecule has 7 heteroatoms. The average molecular weight is 431 g/mol. The molecule has 170 valence electrons. The third kappa shape index (κ3) is 4.77. The molecule has 1 aromatic rings. The standard InChI is InChI=1S/C24H35FN4O2/c1-16(26-2)23(30)27-21-9-5-7-19-14-18-11-13-28(15-22(18)29(19)24(21)31)12-10-17-6-3-4-8-20(17)25/h3-4,6,8,16,18-19,21-22,26H,5,7,9-15H2,1-2H3,(H,27,30). The minimum Gasteiger partial charge on any atom is -0.343 e. The summed E-state index contributed by atoms with van der Waals surface area (Å²) in [5, 5.41) is 5.93. The van der Waals surface area contributed by atoms with E-state index in [2.05, 4.69) is 20.4 Å². The van der Waals surface area contributed by atoms with Crippen molar-refractivity contribution in [1.82, 2.24) is 20.4 Å². The Hall–Kier alpha value is -1.99. The number of hydrogen-bond donors (Lipinski definition) is 2. The number of amides is 2. The van der Waals surface area contributed by atoms with E-state index < -0.39 is 6.04 Å². The molecule has 2 amide bonds. The van der Waals surface area contributed by atoms with Crippen LogP contribution >= 0.6 is 0 Å². The fourth-order valence-corrected chi connectivity index (χ4v) is 5.58. The van der Waals surface area contributed by atoms with Gasteiger partial charge in [-0.3, -0.25) is 9.59 Å². The molecule has 0 spiro atoms. The number of halogens is 1. The van der Waals surface area contributed by atoms with Crippen LogP contribution in [0.25, 0.3) is 0 Å². The quantitative estimate of drug-likeness (QED) is 0.724. The van der Waals surface area contributed by atoms with Gasteiger partial charge in [-0.2, -0.15) is 0 Å². The summed E-state index contributed by atoms with van der Waals surface area (Å²) in [5.74, 6) is 0.354. The molecule has 0 radical (unpaired) electrons. The highest BCUT2D eigenvalue weighted by Crippen LogP contribution is 2.39.